The molecule has 0 aliphatic rings. The van der Waals surface area contributed by atoms with Gasteiger partial charge in [-0.05, 0) is 38.2 Å². The van der Waals surface area contributed by atoms with Gasteiger partial charge < -0.3 is 14.8 Å². The maximum absolute atomic E-state index is 3.23. The zero-order valence-electron chi connectivity index (χ0n) is 10.9. The number of aromatic nitrogens is 1. The van der Waals surface area contributed by atoms with Crippen molar-refractivity contribution in [1.82, 2.24) is 14.8 Å². The van der Waals surface area contributed by atoms with E-state index in [1.54, 1.807) is 0 Å². The summed E-state index contributed by atoms with van der Waals surface area (Å²) in [7, 11) is 6.21. The Balaban J connectivity index is 2.35. The molecular weight excluding hydrogens is 210 g/mol. The molecular formula is C14H21N3. The highest BCUT2D eigenvalue weighted by Gasteiger charge is 2.05. The van der Waals surface area contributed by atoms with Crippen LogP contribution in [0, 0.1) is 0 Å². The van der Waals surface area contributed by atoms with Gasteiger partial charge in [0.25, 0.3) is 0 Å². The van der Waals surface area contributed by atoms with E-state index in [0.717, 1.165) is 19.6 Å². The minimum atomic E-state index is 0.920. The molecule has 0 aliphatic heterocycles. The molecule has 0 radical (unpaired) electrons. The first-order valence-electron chi connectivity index (χ1n) is 6.08. The van der Waals surface area contributed by atoms with E-state index in [1.807, 2.05) is 7.05 Å². The molecule has 0 spiro atoms. The van der Waals surface area contributed by atoms with Crippen LogP contribution in [0.25, 0.3) is 10.9 Å². The summed E-state index contributed by atoms with van der Waals surface area (Å²) in [6.45, 7) is 3.03. The fourth-order valence-electron chi connectivity index (χ4n) is 2.17. The minimum absolute atomic E-state index is 0.920. The summed E-state index contributed by atoms with van der Waals surface area (Å²) in [5.74, 6) is 0. The zero-order chi connectivity index (χ0) is 12.3. The number of hydrogen-bond donors (Lipinski definition) is 1. The molecule has 92 valence electrons. The lowest BCUT2D eigenvalue weighted by atomic mass is 10.1. The first-order valence-corrected chi connectivity index (χ1v) is 6.08. The van der Waals surface area contributed by atoms with Crippen LogP contribution in [0.2, 0.25) is 0 Å². The summed E-state index contributed by atoms with van der Waals surface area (Å²) in [5, 5.41) is 4.56. The maximum atomic E-state index is 3.23. The summed E-state index contributed by atoms with van der Waals surface area (Å²) < 4.78 is 2.35. The Bertz CT molecular complexity index is 485. The lowest BCUT2D eigenvalue weighted by Gasteiger charge is -2.13. The summed E-state index contributed by atoms with van der Waals surface area (Å²) in [4.78, 5) is 2.21. The van der Waals surface area contributed by atoms with Crippen molar-refractivity contribution in [3.63, 3.8) is 0 Å². The number of fused-ring (bicyclic) bond motifs is 1. The average Bonchev–Trinajstić information content (AvgIpc) is 2.71. The van der Waals surface area contributed by atoms with Crippen LogP contribution in [-0.4, -0.2) is 37.2 Å². The van der Waals surface area contributed by atoms with Crippen molar-refractivity contribution in [3.05, 3.63) is 36.0 Å². The second kappa shape index (κ2) is 5.34. The second-order valence-corrected chi connectivity index (χ2v) is 4.70. The van der Waals surface area contributed by atoms with Crippen molar-refractivity contribution in [2.45, 2.75) is 13.1 Å². The molecule has 3 heteroatoms. The maximum Gasteiger partial charge on any atom is 0.0526 e. The fraction of sp³-hybridized carbons (Fsp3) is 0.429. The molecule has 1 N–H and O–H groups in total. The molecule has 2 rings (SSSR count). The number of nitrogens with one attached hydrogen (secondary N) is 1. The molecule has 3 nitrogen and oxygen atoms in total. The molecule has 17 heavy (non-hydrogen) atoms. The molecule has 0 saturated carbocycles. The molecule has 0 unspecified atom stereocenters. The lowest BCUT2D eigenvalue weighted by molar-refractivity contribution is 0.387. The van der Waals surface area contributed by atoms with Crippen molar-refractivity contribution >= 4 is 10.9 Å². The topological polar surface area (TPSA) is 20.2 Å². The Morgan fingerprint density at radius 1 is 1.24 bits per heavy atom. The predicted molar refractivity (Wildman–Crippen MR) is 73.3 cm³/mol. The predicted octanol–water partition coefficient (Wildman–Crippen LogP) is 1.92. The van der Waals surface area contributed by atoms with Crippen LogP contribution >= 0.6 is 0 Å². The monoisotopic (exact) mass is 231 g/mol. The normalized spacial score (nSPS) is 11.5. The summed E-state index contributed by atoms with van der Waals surface area (Å²) in [6.07, 6.45) is 2.19. The quantitative estimate of drug-likeness (QED) is 0.848. The molecule has 0 atom stereocenters. The third-order valence-corrected chi connectivity index (χ3v) is 3.03. The van der Waals surface area contributed by atoms with Crippen LogP contribution in [0.4, 0.5) is 0 Å². The van der Waals surface area contributed by atoms with Crippen molar-refractivity contribution in [3.8, 4) is 0 Å². The summed E-state index contributed by atoms with van der Waals surface area (Å²) >= 11 is 0. The molecule has 1 aromatic carbocycles. The summed E-state index contributed by atoms with van der Waals surface area (Å²) in [6, 6.07) is 8.71. The van der Waals surface area contributed by atoms with Gasteiger partial charge in [0.1, 0.15) is 0 Å². The standard InChI is InChI=1S/C14H21N3/c1-15-11-13-6-4-5-12-7-8-17(14(12)13)10-9-16(2)3/h4-8,15H,9-11H2,1-3H3. The Kier molecular flexibility index (Phi) is 3.82. The second-order valence-electron chi connectivity index (χ2n) is 4.70. The molecule has 0 amide bonds. The molecule has 0 bridgehead atoms. The number of likely N-dealkylation sites (N-methyl/N-ethyl adjacent to an activating group) is 1. The van der Waals surface area contributed by atoms with Gasteiger partial charge in [-0.2, -0.15) is 0 Å². The highest BCUT2D eigenvalue weighted by Crippen LogP contribution is 2.20. The highest BCUT2D eigenvalue weighted by atomic mass is 15.1. The SMILES string of the molecule is CNCc1cccc2ccn(CCN(C)C)c12. The van der Waals surface area contributed by atoms with E-state index >= 15 is 0 Å². The first-order chi connectivity index (χ1) is 8.22. The van der Waals surface area contributed by atoms with Gasteiger partial charge in [0.2, 0.25) is 0 Å². The molecule has 1 aromatic heterocycles. The minimum Gasteiger partial charge on any atom is -0.346 e. The lowest BCUT2D eigenvalue weighted by Crippen LogP contribution is -2.18. The van der Waals surface area contributed by atoms with Gasteiger partial charge in [-0.15, -0.1) is 0 Å². The van der Waals surface area contributed by atoms with Crippen molar-refractivity contribution in [2.24, 2.45) is 0 Å². The fourth-order valence-corrected chi connectivity index (χ4v) is 2.17. The largest absolute Gasteiger partial charge is 0.346 e. The van der Waals surface area contributed by atoms with Gasteiger partial charge in [-0.25, -0.2) is 0 Å². The number of benzene rings is 1. The Morgan fingerprint density at radius 2 is 2.06 bits per heavy atom. The van der Waals surface area contributed by atoms with Gasteiger partial charge in [0.15, 0.2) is 0 Å². The van der Waals surface area contributed by atoms with Crippen LogP contribution in [0.3, 0.4) is 0 Å². The van der Waals surface area contributed by atoms with E-state index in [2.05, 4.69) is 59.3 Å². The smallest absolute Gasteiger partial charge is 0.0526 e. The van der Waals surface area contributed by atoms with E-state index in [4.69, 9.17) is 0 Å². The molecule has 0 saturated heterocycles. The van der Waals surface area contributed by atoms with Crippen LogP contribution in [0.5, 0.6) is 0 Å². The number of hydrogen-bond acceptors (Lipinski definition) is 2. The van der Waals surface area contributed by atoms with Crippen LogP contribution in [0.15, 0.2) is 30.5 Å². The Labute approximate surface area is 103 Å². The van der Waals surface area contributed by atoms with Crippen molar-refractivity contribution in [2.75, 3.05) is 27.7 Å². The van der Waals surface area contributed by atoms with Gasteiger partial charge in [0, 0.05) is 25.8 Å². The van der Waals surface area contributed by atoms with Crippen LogP contribution < -0.4 is 5.32 Å². The van der Waals surface area contributed by atoms with E-state index in [-0.39, 0.29) is 0 Å². The van der Waals surface area contributed by atoms with Gasteiger partial charge in [-0.3, -0.25) is 0 Å². The van der Waals surface area contributed by atoms with E-state index in [0.29, 0.717) is 0 Å². The van der Waals surface area contributed by atoms with E-state index in [9.17, 15) is 0 Å². The molecule has 0 fully saturated rings. The van der Waals surface area contributed by atoms with Gasteiger partial charge in [-0.1, -0.05) is 18.2 Å². The zero-order valence-corrected chi connectivity index (χ0v) is 10.9. The third kappa shape index (κ3) is 2.68. The third-order valence-electron chi connectivity index (χ3n) is 3.03. The van der Waals surface area contributed by atoms with E-state index < -0.39 is 0 Å². The van der Waals surface area contributed by atoms with Crippen molar-refractivity contribution < 1.29 is 0 Å². The number of para-hydroxylation sites is 1. The highest BCUT2D eigenvalue weighted by molar-refractivity contribution is 5.83. The number of nitrogens with zero attached hydrogens (tertiary/aromatic N) is 2. The molecule has 2 aromatic rings. The Hall–Kier alpha value is -1.32. The van der Waals surface area contributed by atoms with Crippen molar-refractivity contribution in [1.29, 1.82) is 0 Å². The van der Waals surface area contributed by atoms with Crippen LogP contribution in [0.1, 0.15) is 5.56 Å². The van der Waals surface area contributed by atoms with Gasteiger partial charge in [0.05, 0.1) is 5.52 Å². The average molecular weight is 231 g/mol. The molecule has 0 aliphatic carbocycles. The van der Waals surface area contributed by atoms with Gasteiger partial charge >= 0.3 is 0 Å². The number of rotatable bonds is 5. The Morgan fingerprint density at radius 3 is 2.76 bits per heavy atom. The van der Waals surface area contributed by atoms with E-state index in [1.165, 1.54) is 16.5 Å². The first kappa shape index (κ1) is 12.1. The van der Waals surface area contributed by atoms with Crippen LogP contribution in [-0.2, 0) is 13.1 Å². The summed E-state index contributed by atoms with van der Waals surface area (Å²) in [5.41, 5.74) is 2.73. The molecule has 1 heterocycles.